The standard InChI is InChI=1S/C13H18N4O4/c1-8-12(16-4-6-20-7-5-16)17(19)10-3-2-9-11(13(8,10)18)15-21-14-9/h8,12,18H,2-7H2,1H3. The van der Waals surface area contributed by atoms with Gasteiger partial charge in [-0.25, -0.2) is 9.53 Å². The van der Waals surface area contributed by atoms with E-state index in [1.165, 1.54) is 0 Å². The molecule has 114 valence electrons. The molecule has 3 unspecified atom stereocenters. The molecule has 8 heteroatoms. The lowest BCUT2D eigenvalue weighted by Gasteiger charge is -2.34. The molecular formula is C13H18N4O4. The van der Waals surface area contributed by atoms with Gasteiger partial charge in [-0.3, -0.25) is 0 Å². The molecular weight excluding hydrogens is 276 g/mol. The minimum absolute atomic E-state index is 0.297. The van der Waals surface area contributed by atoms with Gasteiger partial charge in [0.25, 0.3) is 0 Å². The first kappa shape index (κ1) is 13.2. The number of fused-ring (bicyclic) bond motifs is 3. The second-order valence-electron chi connectivity index (χ2n) is 5.95. The van der Waals surface area contributed by atoms with Crippen LogP contribution >= 0.6 is 0 Å². The molecule has 1 aromatic heterocycles. The van der Waals surface area contributed by atoms with Crippen LogP contribution in [0.4, 0.5) is 0 Å². The highest BCUT2D eigenvalue weighted by atomic mass is 16.6. The maximum Gasteiger partial charge on any atom is 0.226 e. The molecule has 0 radical (unpaired) electrons. The SMILES string of the molecule is CC1C(N2CCOCC2)[N+]([O-])=C2CCc3nonc3C21O. The lowest BCUT2D eigenvalue weighted by atomic mass is 9.76. The smallest absolute Gasteiger partial charge is 0.226 e. The molecule has 1 fully saturated rings. The monoisotopic (exact) mass is 294 g/mol. The fraction of sp³-hybridized carbons (Fsp3) is 0.769. The maximum atomic E-state index is 12.7. The number of rotatable bonds is 1. The predicted molar refractivity (Wildman–Crippen MR) is 70.5 cm³/mol. The minimum atomic E-state index is -1.36. The fourth-order valence-corrected chi connectivity index (χ4v) is 3.87. The van der Waals surface area contributed by atoms with Crippen LogP contribution < -0.4 is 0 Å². The average molecular weight is 294 g/mol. The maximum absolute atomic E-state index is 12.7. The Balaban J connectivity index is 1.77. The van der Waals surface area contributed by atoms with Crippen molar-refractivity contribution in [1.29, 1.82) is 0 Å². The number of aryl methyl sites for hydroxylation is 1. The highest BCUT2D eigenvalue weighted by molar-refractivity contribution is 5.92. The van der Waals surface area contributed by atoms with Gasteiger partial charge in [0.15, 0.2) is 5.69 Å². The summed E-state index contributed by atoms with van der Waals surface area (Å²) in [6.07, 6.45) is 0.681. The predicted octanol–water partition coefficient (Wildman–Crippen LogP) is -0.537. The van der Waals surface area contributed by atoms with E-state index in [-0.39, 0.29) is 5.92 Å². The van der Waals surface area contributed by atoms with Crippen LogP contribution in [0.25, 0.3) is 0 Å². The van der Waals surface area contributed by atoms with E-state index in [9.17, 15) is 10.3 Å². The van der Waals surface area contributed by atoms with Crippen molar-refractivity contribution in [3.05, 3.63) is 16.6 Å². The number of hydrogen-bond donors (Lipinski definition) is 1. The summed E-state index contributed by atoms with van der Waals surface area (Å²) in [5.74, 6) is -0.297. The van der Waals surface area contributed by atoms with Crippen LogP contribution in [0.1, 0.15) is 24.7 Å². The van der Waals surface area contributed by atoms with Gasteiger partial charge in [-0.1, -0.05) is 17.2 Å². The molecule has 1 saturated heterocycles. The third kappa shape index (κ3) is 1.63. The van der Waals surface area contributed by atoms with Gasteiger partial charge in [-0.05, 0) is 0 Å². The summed E-state index contributed by atoms with van der Waals surface area (Å²) in [5.41, 5.74) is 0.185. The van der Waals surface area contributed by atoms with Crippen molar-refractivity contribution in [1.82, 2.24) is 15.2 Å². The lowest BCUT2D eigenvalue weighted by molar-refractivity contribution is -0.531. The summed E-state index contributed by atoms with van der Waals surface area (Å²) in [5, 5.41) is 31.7. The van der Waals surface area contributed by atoms with Crippen molar-refractivity contribution in [3.63, 3.8) is 0 Å². The van der Waals surface area contributed by atoms with Crippen LogP contribution in [0, 0.1) is 11.1 Å². The van der Waals surface area contributed by atoms with Gasteiger partial charge >= 0.3 is 0 Å². The fourth-order valence-electron chi connectivity index (χ4n) is 3.87. The molecule has 0 saturated carbocycles. The summed E-state index contributed by atoms with van der Waals surface area (Å²) in [4.78, 5) is 2.08. The van der Waals surface area contributed by atoms with E-state index in [2.05, 4.69) is 15.2 Å². The molecule has 0 spiro atoms. The summed E-state index contributed by atoms with van der Waals surface area (Å²) in [6, 6.07) is 0. The molecule has 3 aliphatic rings. The number of hydroxylamine groups is 1. The lowest BCUT2D eigenvalue weighted by Crippen LogP contribution is -2.51. The third-order valence-electron chi connectivity index (χ3n) is 4.99. The zero-order valence-electron chi connectivity index (χ0n) is 11.9. The molecule has 4 rings (SSSR count). The van der Waals surface area contributed by atoms with E-state index < -0.39 is 11.8 Å². The summed E-state index contributed by atoms with van der Waals surface area (Å²) in [6.45, 7) is 4.51. The largest absolute Gasteiger partial charge is 0.623 e. The van der Waals surface area contributed by atoms with E-state index in [0.717, 1.165) is 4.74 Å². The van der Waals surface area contributed by atoms with Gasteiger partial charge in [-0.2, -0.15) is 4.74 Å². The van der Waals surface area contributed by atoms with E-state index in [0.29, 0.717) is 56.2 Å². The molecule has 21 heavy (non-hydrogen) atoms. The Hall–Kier alpha value is -1.51. The minimum Gasteiger partial charge on any atom is -0.623 e. The van der Waals surface area contributed by atoms with Gasteiger partial charge in [-0.15, -0.1) is 0 Å². The third-order valence-corrected chi connectivity index (χ3v) is 4.99. The molecule has 0 bridgehead atoms. The van der Waals surface area contributed by atoms with E-state index >= 15 is 0 Å². The number of aliphatic hydroxyl groups is 1. The van der Waals surface area contributed by atoms with E-state index in [1.807, 2.05) is 6.92 Å². The molecule has 1 aromatic rings. The first-order valence-corrected chi connectivity index (χ1v) is 7.32. The highest BCUT2D eigenvalue weighted by Crippen LogP contribution is 2.44. The normalized spacial score (nSPS) is 36.7. The molecule has 3 heterocycles. The van der Waals surface area contributed by atoms with Gasteiger partial charge in [0.2, 0.25) is 17.5 Å². The number of nitrogens with zero attached hydrogens (tertiary/aromatic N) is 4. The Labute approximate surface area is 121 Å². The summed E-state index contributed by atoms with van der Waals surface area (Å²) >= 11 is 0. The second-order valence-corrected chi connectivity index (χ2v) is 5.95. The number of morpholine rings is 1. The van der Waals surface area contributed by atoms with Crippen LogP contribution in [-0.2, 0) is 16.8 Å². The van der Waals surface area contributed by atoms with Crippen molar-refractivity contribution >= 4 is 5.71 Å². The Morgan fingerprint density at radius 3 is 2.86 bits per heavy atom. The molecule has 0 aromatic carbocycles. The van der Waals surface area contributed by atoms with Crippen LogP contribution in [-0.4, -0.2) is 63.2 Å². The molecule has 8 nitrogen and oxygen atoms in total. The van der Waals surface area contributed by atoms with Crippen LogP contribution in [0.2, 0.25) is 0 Å². The van der Waals surface area contributed by atoms with Crippen molar-refractivity contribution < 1.29 is 19.2 Å². The molecule has 1 N–H and O–H groups in total. The van der Waals surface area contributed by atoms with Gasteiger partial charge in [0.1, 0.15) is 5.69 Å². The Morgan fingerprint density at radius 1 is 1.33 bits per heavy atom. The Bertz CT molecular complexity index is 595. The average Bonchev–Trinajstić information content (AvgIpc) is 3.04. The number of hydrogen-bond acceptors (Lipinski definition) is 7. The summed E-state index contributed by atoms with van der Waals surface area (Å²) < 4.78 is 11.1. The van der Waals surface area contributed by atoms with Gasteiger partial charge in [0, 0.05) is 25.9 Å². The number of aromatic nitrogens is 2. The Morgan fingerprint density at radius 2 is 2.10 bits per heavy atom. The highest BCUT2D eigenvalue weighted by Gasteiger charge is 2.63. The summed E-state index contributed by atoms with van der Waals surface area (Å²) in [7, 11) is 0. The van der Waals surface area contributed by atoms with Crippen molar-refractivity contribution in [2.75, 3.05) is 26.3 Å². The molecule has 2 aliphatic heterocycles. The van der Waals surface area contributed by atoms with Gasteiger partial charge < -0.3 is 15.1 Å². The number of ether oxygens (including phenoxy) is 1. The molecule has 3 atom stereocenters. The van der Waals surface area contributed by atoms with Crippen molar-refractivity contribution in [3.8, 4) is 0 Å². The molecule has 1 aliphatic carbocycles. The second kappa shape index (κ2) is 4.49. The quantitative estimate of drug-likeness (QED) is 0.549. The van der Waals surface area contributed by atoms with Crippen LogP contribution in [0.3, 0.4) is 0 Å². The van der Waals surface area contributed by atoms with Crippen molar-refractivity contribution in [2.45, 2.75) is 31.5 Å². The zero-order valence-corrected chi connectivity index (χ0v) is 11.9. The van der Waals surface area contributed by atoms with E-state index in [4.69, 9.17) is 9.37 Å². The van der Waals surface area contributed by atoms with Gasteiger partial charge in [0.05, 0.1) is 19.1 Å². The molecule has 0 amide bonds. The van der Waals surface area contributed by atoms with Crippen molar-refractivity contribution in [2.24, 2.45) is 5.92 Å². The van der Waals surface area contributed by atoms with Crippen LogP contribution in [0.5, 0.6) is 0 Å². The first-order valence-electron chi connectivity index (χ1n) is 7.32. The topological polar surface area (TPSA) is 97.7 Å². The van der Waals surface area contributed by atoms with Crippen LogP contribution in [0.15, 0.2) is 4.63 Å². The van der Waals surface area contributed by atoms with E-state index in [1.54, 1.807) is 0 Å². The first-order chi connectivity index (χ1) is 10.1. The Kier molecular flexibility index (Phi) is 2.82. The zero-order chi connectivity index (χ0) is 14.6.